The minimum Gasteiger partial charge on any atom is -0.452 e. The summed E-state index contributed by atoms with van der Waals surface area (Å²) in [6.45, 7) is -0.454. The number of anilines is 1. The van der Waals surface area contributed by atoms with Crippen LogP contribution in [0.3, 0.4) is 0 Å². The molecule has 1 aromatic heterocycles. The van der Waals surface area contributed by atoms with Crippen LogP contribution in [0.15, 0.2) is 41.1 Å². The Balaban J connectivity index is 1.87. The Morgan fingerprint density at radius 2 is 2.22 bits per heavy atom. The maximum Gasteiger partial charge on any atom is 0.331 e. The van der Waals surface area contributed by atoms with Crippen LogP contribution in [0, 0.1) is 11.3 Å². The topological polar surface area (TPSA) is 79.2 Å². The highest BCUT2D eigenvalue weighted by Crippen LogP contribution is 2.20. The molecular formula is C16H11ClN2O3S. The summed E-state index contributed by atoms with van der Waals surface area (Å²) >= 11 is 7.33. The molecule has 2 aromatic rings. The van der Waals surface area contributed by atoms with Gasteiger partial charge in [-0.25, -0.2) is 4.79 Å². The fourth-order valence-corrected chi connectivity index (χ4v) is 2.42. The van der Waals surface area contributed by atoms with Crippen LogP contribution in [0.2, 0.25) is 5.02 Å². The van der Waals surface area contributed by atoms with E-state index in [9.17, 15) is 9.59 Å². The highest BCUT2D eigenvalue weighted by atomic mass is 35.5. The van der Waals surface area contributed by atoms with E-state index in [4.69, 9.17) is 21.6 Å². The highest BCUT2D eigenvalue weighted by molar-refractivity contribution is 7.08. The Morgan fingerprint density at radius 3 is 2.91 bits per heavy atom. The molecule has 1 heterocycles. The average Bonchev–Trinajstić information content (AvgIpc) is 3.04. The third-order valence-corrected chi connectivity index (χ3v) is 3.61. The van der Waals surface area contributed by atoms with Gasteiger partial charge in [0, 0.05) is 11.1 Å². The zero-order valence-corrected chi connectivity index (χ0v) is 13.4. The summed E-state index contributed by atoms with van der Waals surface area (Å²) in [6, 6.07) is 8.28. The first-order valence-electron chi connectivity index (χ1n) is 6.45. The summed E-state index contributed by atoms with van der Waals surface area (Å²) in [5.74, 6) is -1.18. The molecule has 0 unspecified atom stereocenters. The molecule has 0 saturated carbocycles. The lowest BCUT2D eigenvalue weighted by atomic mass is 10.2. The summed E-state index contributed by atoms with van der Waals surface area (Å²) < 4.78 is 4.83. The van der Waals surface area contributed by atoms with Crippen molar-refractivity contribution in [3.8, 4) is 6.07 Å². The van der Waals surface area contributed by atoms with Gasteiger partial charge < -0.3 is 10.1 Å². The van der Waals surface area contributed by atoms with Crippen LogP contribution in [0.1, 0.15) is 11.1 Å². The number of amides is 1. The standard InChI is InChI=1S/C16H11ClN2O3S/c17-13-3-2-12(8-18)14(7-13)19-15(20)9-22-16(21)4-1-11-5-6-23-10-11/h1-7,10H,9H2,(H,19,20)/b4-1+. The number of hydrogen-bond donors (Lipinski definition) is 1. The van der Waals surface area contributed by atoms with Crippen LogP contribution in [0.4, 0.5) is 5.69 Å². The number of carbonyl (C=O) groups excluding carboxylic acids is 2. The number of nitrogens with one attached hydrogen (secondary N) is 1. The maximum absolute atomic E-state index is 11.8. The molecule has 7 heteroatoms. The van der Waals surface area contributed by atoms with Crippen molar-refractivity contribution < 1.29 is 14.3 Å². The number of nitriles is 1. The van der Waals surface area contributed by atoms with Crippen molar-refractivity contribution in [2.75, 3.05) is 11.9 Å². The Bertz CT molecular complexity index is 779. The van der Waals surface area contributed by atoms with Gasteiger partial charge in [0.05, 0.1) is 11.3 Å². The van der Waals surface area contributed by atoms with E-state index in [0.29, 0.717) is 5.02 Å². The van der Waals surface area contributed by atoms with Crippen molar-refractivity contribution in [2.24, 2.45) is 0 Å². The van der Waals surface area contributed by atoms with E-state index < -0.39 is 18.5 Å². The minimum atomic E-state index is -0.627. The van der Waals surface area contributed by atoms with E-state index in [1.54, 1.807) is 12.1 Å². The average molecular weight is 347 g/mol. The molecule has 0 atom stereocenters. The summed E-state index contributed by atoms with van der Waals surface area (Å²) in [6.07, 6.45) is 2.84. The van der Waals surface area contributed by atoms with E-state index in [0.717, 1.165) is 5.56 Å². The number of thiophene rings is 1. The smallest absolute Gasteiger partial charge is 0.331 e. The molecule has 0 bridgehead atoms. The Hall–Kier alpha value is -2.62. The van der Waals surface area contributed by atoms with Crippen molar-refractivity contribution in [1.29, 1.82) is 5.26 Å². The van der Waals surface area contributed by atoms with Gasteiger partial charge in [0.25, 0.3) is 5.91 Å². The van der Waals surface area contributed by atoms with Gasteiger partial charge in [-0.05, 0) is 46.7 Å². The van der Waals surface area contributed by atoms with E-state index in [1.165, 1.54) is 29.5 Å². The number of ether oxygens (including phenoxy) is 1. The van der Waals surface area contributed by atoms with Crippen molar-refractivity contribution >= 4 is 46.6 Å². The van der Waals surface area contributed by atoms with Crippen LogP contribution in [-0.4, -0.2) is 18.5 Å². The molecule has 0 fully saturated rings. The van der Waals surface area contributed by atoms with Crippen LogP contribution in [0.25, 0.3) is 6.08 Å². The Labute approximate surface area is 141 Å². The zero-order chi connectivity index (χ0) is 16.7. The SMILES string of the molecule is N#Cc1ccc(Cl)cc1NC(=O)COC(=O)/C=C/c1ccsc1. The number of carbonyl (C=O) groups is 2. The molecule has 0 radical (unpaired) electrons. The van der Waals surface area contributed by atoms with Gasteiger partial charge in [-0.15, -0.1) is 0 Å². The predicted molar refractivity (Wildman–Crippen MR) is 89.1 cm³/mol. The third-order valence-electron chi connectivity index (χ3n) is 2.68. The van der Waals surface area contributed by atoms with Crippen LogP contribution < -0.4 is 5.32 Å². The van der Waals surface area contributed by atoms with Gasteiger partial charge in [-0.1, -0.05) is 11.6 Å². The van der Waals surface area contributed by atoms with Crippen molar-refractivity contribution in [3.63, 3.8) is 0 Å². The van der Waals surface area contributed by atoms with Crippen molar-refractivity contribution in [1.82, 2.24) is 0 Å². The van der Waals surface area contributed by atoms with Gasteiger partial charge in [-0.2, -0.15) is 16.6 Å². The second-order valence-corrected chi connectivity index (χ2v) is 5.56. The first-order chi connectivity index (χ1) is 11.1. The zero-order valence-electron chi connectivity index (χ0n) is 11.8. The Morgan fingerprint density at radius 1 is 1.39 bits per heavy atom. The minimum absolute atomic E-state index is 0.270. The lowest BCUT2D eigenvalue weighted by Gasteiger charge is -2.07. The fraction of sp³-hybridized carbons (Fsp3) is 0.0625. The molecule has 116 valence electrons. The van der Waals surface area contributed by atoms with Crippen molar-refractivity contribution in [2.45, 2.75) is 0 Å². The van der Waals surface area contributed by atoms with Crippen molar-refractivity contribution in [3.05, 3.63) is 57.3 Å². The molecule has 0 saturated heterocycles. The summed E-state index contributed by atoms with van der Waals surface area (Å²) in [5.41, 5.74) is 1.43. The number of hydrogen-bond acceptors (Lipinski definition) is 5. The summed E-state index contributed by atoms with van der Waals surface area (Å²) in [4.78, 5) is 23.3. The number of benzene rings is 1. The lowest BCUT2D eigenvalue weighted by Crippen LogP contribution is -2.20. The van der Waals surface area contributed by atoms with Crippen LogP contribution in [-0.2, 0) is 14.3 Å². The molecule has 5 nitrogen and oxygen atoms in total. The summed E-state index contributed by atoms with van der Waals surface area (Å²) in [5, 5.41) is 15.6. The van der Waals surface area contributed by atoms with Gasteiger partial charge in [0.15, 0.2) is 6.61 Å². The first kappa shape index (κ1) is 16.7. The third kappa shape index (κ3) is 5.25. The monoisotopic (exact) mass is 346 g/mol. The van der Waals surface area contributed by atoms with Crippen LogP contribution >= 0.6 is 22.9 Å². The molecule has 0 spiro atoms. The molecule has 0 aliphatic rings. The highest BCUT2D eigenvalue weighted by Gasteiger charge is 2.09. The van der Waals surface area contributed by atoms with E-state index in [-0.39, 0.29) is 11.3 Å². The number of nitrogens with zero attached hydrogens (tertiary/aromatic N) is 1. The molecular weight excluding hydrogens is 336 g/mol. The lowest BCUT2D eigenvalue weighted by molar-refractivity contribution is -0.142. The predicted octanol–water partition coefficient (Wildman–Crippen LogP) is 3.47. The normalized spacial score (nSPS) is 10.3. The number of esters is 1. The second-order valence-electron chi connectivity index (χ2n) is 4.35. The molecule has 1 amide bonds. The van der Waals surface area contributed by atoms with Gasteiger partial charge in [0.2, 0.25) is 0 Å². The van der Waals surface area contributed by atoms with E-state index in [2.05, 4.69) is 5.32 Å². The Kier molecular flexibility index (Phi) is 5.92. The first-order valence-corrected chi connectivity index (χ1v) is 7.77. The molecule has 23 heavy (non-hydrogen) atoms. The van der Waals surface area contributed by atoms with E-state index >= 15 is 0 Å². The van der Waals surface area contributed by atoms with Gasteiger partial charge in [-0.3, -0.25) is 4.79 Å². The van der Waals surface area contributed by atoms with Crippen LogP contribution in [0.5, 0.6) is 0 Å². The molecule has 0 aliphatic heterocycles. The fourth-order valence-electron chi connectivity index (χ4n) is 1.62. The quantitative estimate of drug-likeness (QED) is 0.664. The van der Waals surface area contributed by atoms with Gasteiger partial charge in [0.1, 0.15) is 6.07 Å². The summed E-state index contributed by atoms with van der Waals surface area (Å²) in [7, 11) is 0. The molecule has 1 aromatic carbocycles. The van der Waals surface area contributed by atoms with Gasteiger partial charge >= 0.3 is 5.97 Å². The number of halogens is 1. The second kappa shape index (κ2) is 8.13. The molecule has 0 aliphatic carbocycles. The molecule has 1 N–H and O–H groups in total. The maximum atomic E-state index is 11.8. The largest absolute Gasteiger partial charge is 0.452 e. The van der Waals surface area contributed by atoms with E-state index in [1.807, 2.05) is 22.9 Å². The molecule has 2 rings (SSSR count). The number of rotatable bonds is 5.